The maximum Gasteiger partial charge on any atom is 0.338 e. The van der Waals surface area contributed by atoms with Gasteiger partial charge in [-0.25, -0.2) is 9.69 Å². The first-order valence-electron chi connectivity index (χ1n) is 15.0. The summed E-state index contributed by atoms with van der Waals surface area (Å²) in [6.45, 7) is 3.99. The topological polar surface area (TPSA) is 101 Å². The number of nitrogens with one attached hydrogen (secondary N) is 1. The number of rotatable bonds is 8. The number of anilines is 2. The molecule has 10 heteroatoms. The van der Waals surface area contributed by atoms with E-state index in [9.17, 15) is 19.2 Å². The monoisotopic (exact) mass is 622 g/mol. The number of para-hydroxylation sites is 2. The van der Waals surface area contributed by atoms with Crippen LogP contribution in [0.3, 0.4) is 0 Å². The first-order chi connectivity index (χ1) is 21.8. The number of urea groups is 1. The van der Waals surface area contributed by atoms with Crippen molar-refractivity contribution in [2.24, 2.45) is 0 Å². The van der Waals surface area contributed by atoms with Crippen molar-refractivity contribution in [3.63, 3.8) is 0 Å². The Morgan fingerprint density at radius 3 is 2.36 bits per heavy atom. The number of ether oxygens (including phenoxy) is 1. The lowest BCUT2D eigenvalue weighted by molar-refractivity contribution is -0.129. The number of aromatic nitrogens is 1. The Kier molecular flexibility index (Phi) is 8.51. The number of carbonyl (C=O) groups excluding carboxylic acids is 4. The van der Waals surface area contributed by atoms with Gasteiger partial charge in [0.25, 0.3) is 17.7 Å². The van der Waals surface area contributed by atoms with E-state index in [-0.39, 0.29) is 24.6 Å². The molecule has 3 heterocycles. The van der Waals surface area contributed by atoms with E-state index >= 15 is 0 Å². The predicted octanol–water partition coefficient (Wildman–Crippen LogP) is 6.31. The normalized spacial score (nSPS) is 16.0. The highest BCUT2D eigenvalue weighted by atomic mass is 32.1. The summed E-state index contributed by atoms with van der Waals surface area (Å²) >= 11 is 1.62. The number of barbiturate groups is 1. The molecule has 1 N–H and O–H groups in total. The smallest absolute Gasteiger partial charge is 0.338 e. The zero-order valence-corrected chi connectivity index (χ0v) is 26.3. The molecule has 1 fully saturated rings. The Labute approximate surface area is 265 Å². The van der Waals surface area contributed by atoms with Gasteiger partial charge in [0.15, 0.2) is 0 Å². The van der Waals surface area contributed by atoms with Crippen LogP contribution in [0, 0.1) is 13.8 Å². The molecule has 230 valence electrons. The molecule has 0 bridgehead atoms. The van der Waals surface area contributed by atoms with Crippen LogP contribution in [-0.4, -0.2) is 53.5 Å². The number of benzene rings is 2. The molecule has 2 aliphatic rings. The Bertz CT molecular complexity index is 1820. The summed E-state index contributed by atoms with van der Waals surface area (Å²) in [4.78, 5) is 57.9. The highest BCUT2D eigenvalue weighted by molar-refractivity contribution is 7.15. The maximum absolute atomic E-state index is 13.8. The number of amides is 5. The maximum atomic E-state index is 13.8. The number of carbonyl (C=O) groups is 4. The lowest BCUT2D eigenvalue weighted by Crippen LogP contribution is -2.57. The van der Waals surface area contributed by atoms with E-state index in [4.69, 9.17) is 4.74 Å². The van der Waals surface area contributed by atoms with Crippen LogP contribution in [0.25, 0.3) is 11.1 Å². The molecule has 6 rings (SSSR count). The van der Waals surface area contributed by atoms with Crippen molar-refractivity contribution in [3.05, 3.63) is 105 Å². The lowest BCUT2D eigenvalue weighted by atomic mass is 9.95. The zero-order chi connectivity index (χ0) is 31.7. The summed E-state index contributed by atoms with van der Waals surface area (Å²) < 4.78 is 7.19. The minimum absolute atomic E-state index is 0.00176. The summed E-state index contributed by atoms with van der Waals surface area (Å²) in [6, 6.07) is 19.2. The number of thiophene rings is 1. The molecule has 2 aromatic carbocycles. The van der Waals surface area contributed by atoms with Gasteiger partial charge in [0, 0.05) is 29.1 Å². The van der Waals surface area contributed by atoms with E-state index in [1.165, 1.54) is 12.0 Å². The van der Waals surface area contributed by atoms with E-state index in [1.807, 2.05) is 54.8 Å². The fourth-order valence-electron chi connectivity index (χ4n) is 6.02. The molecule has 0 unspecified atom stereocenters. The summed E-state index contributed by atoms with van der Waals surface area (Å²) in [7, 11) is 1.49. The van der Waals surface area contributed by atoms with Gasteiger partial charge in [0.05, 0.1) is 24.4 Å². The minimum atomic E-state index is -0.714. The molecule has 1 aliphatic heterocycles. The fourth-order valence-corrected chi connectivity index (χ4v) is 7.52. The number of hydrogen-bond acceptors (Lipinski definition) is 6. The van der Waals surface area contributed by atoms with E-state index in [0.29, 0.717) is 16.8 Å². The lowest BCUT2D eigenvalue weighted by Gasteiger charge is -2.33. The second-order valence-electron chi connectivity index (χ2n) is 11.1. The van der Waals surface area contributed by atoms with Crippen LogP contribution in [0.4, 0.5) is 16.2 Å². The van der Waals surface area contributed by atoms with Gasteiger partial charge in [-0.2, -0.15) is 0 Å². The average molecular weight is 623 g/mol. The molecular formula is C35H34N4O5S. The van der Waals surface area contributed by atoms with Gasteiger partial charge in [-0.15, -0.1) is 11.3 Å². The first kappa shape index (κ1) is 30.2. The third-order valence-electron chi connectivity index (χ3n) is 8.25. The summed E-state index contributed by atoms with van der Waals surface area (Å²) in [5, 5.41) is 3.89. The SMILES string of the molecule is COCCN1C(=O)/C(=C/c2cc(C)n(-c3sc4c(c3C(=O)Nc3ccccc3)CCCC4)c2C)C(=O)N(c2ccccc2)C1=O. The van der Waals surface area contributed by atoms with Gasteiger partial charge in [-0.1, -0.05) is 36.4 Å². The molecule has 9 nitrogen and oxygen atoms in total. The summed E-state index contributed by atoms with van der Waals surface area (Å²) in [5.41, 5.74) is 5.01. The van der Waals surface area contributed by atoms with Crippen LogP contribution >= 0.6 is 11.3 Å². The number of aryl methyl sites for hydroxylation is 2. The van der Waals surface area contributed by atoms with Crippen LogP contribution in [0.1, 0.15) is 50.6 Å². The van der Waals surface area contributed by atoms with Gasteiger partial charge < -0.3 is 14.6 Å². The van der Waals surface area contributed by atoms with Crippen molar-refractivity contribution in [3.8, 4) is 5.00 Å². The Balaban J connectivity index is 1.44. The van der Waals surface area contributed by atoms with Crippen LogP contribution in [0.15, 0.2) is 72.3 Å². The summed E-state index contributed by atoms with van der Waals surface area (Å²) in [5.74, 6) is -1.52. The standard InChI is InChI=1S/C35H34N4O5S/c1-22-20-24(21-28-32(41)37(18-19-44-3)35(43)39(33(28)42)26-14-8-5-9-15-26)23(2)38(22)34-30(27-16-10-11-17-29(27)45-34)31(40)36-25-12-6-4-7-13-25/h4-9,12-15,20-21H,10-11,16-19H2,1-3H3,(H,36,40)/b28-21-. The van der Waals surface area contributed by atoms with Crippen molar-refractivity contribution in [1.29, 1.82) is 0 Å². The number of fused-ring (bicyclic) bond motifs is 1. The quantitative estimate of drug-likeness (QED) is 0.183. The Morgan fingerprint density at radius 2 is 1.64 bits per heavy atom. The van der Waals surface area contributed by atoms with Gasteiger partial charge in [0.1, 0.15) is 10.6 Å². The van der Waals surface area contributed by atoms with Gasteiger partial charge in [-0.05, 0) is 87.1 Å². The Hall–Kier alpha value is -4.80. The van der Waals surface area contributed by atoms with Crippen LogP contribution < -0.4 is 10.2 Å². The molecular weight excluding hydrogens is 588 g/mol. The minimum Gasteiger partial charge on any atom is -0.383 e. The molecule has 45 heavy (non-hydrogen) atoms. The van der Waals surface area contributed by atoms with Gasteiger partial charge >= 0.3 is 6.03 Å². The highest BCUT2D eigenvalue weighted by Crippen LogP contribution is 2.39. The fraction of sp³-hybridized carbons (Fsp3) is 0.257. The predicted molar refractivity (Wildman–Crippen MR) is 175 cm³/mol. The zero-order valence-electron chi connectivity index (χ0n) is 25.5. The first-order valence-corrected chi connectivity index (χ1v) is 15.8. The van der Waals surface area contributed by atoms with Crippen LogP contribution in [-0.2, 0) is 27.2 Å². The molecule has 0 radical (unpaired) electrons. The van der Waals surface area contributed by atoms with E-state index < -0.39 is 17.8 Å². The molecule has 0 saturated carbocycles. The summed E-state index contributed by atoms with van der Waals surface area (Å²) in [6.07, 6.45) is 5.42. The highest BCUT2D eigenvalue weighted by Gasteiger charge is 2.43. The second-order valence-corrected chi connectivity index (χ2v) is 12.2. The van der Waals surface area contributed by atoms with Gasteiger partial charge in [-0.3, -0.25) is 19.3 Å². The average Bonchev–Trinajstić information content (AvgIpc) is 3.55. The van der Waals surface area contributed by atoms with Crippen molar-refractivity contribution in [2.45, 2.75) is 39.5 Å². The molecule has 0 spiro atoms. The molecule has 1 aliphatic carbocycles. The molecule has 5 amide bonds. The number of methoxy groups -OCH3 is 1. The second kappa shape index (κ2) is 12.7. The largest absolute Gasteiger partial charge is 0.383 e. The van der Waals surface area contributed by atoms with E-state index in [0.717, 1.165) is 63.1 Å². The third-order valence-corrected chi connectivity index (χ3v) is 9.53. The molecule has 1 saturated heterocycles. The van der Waals surface area contributed by atoms with Crippen LogP contribution in [0.2, 0.25) is 0 Å². The van der Waals surface area contributed by atoms with Gasteiger partial charge in [0.2, 0.25) is 0 Å². The van der Waals surface area contributed by atoms with Crippen molar-refractivity contribution in [1.82, 2.24) is 9.47 Å². The van der Waals surface area contributed by atoms with E-state index in [1.54, 1.807) is 47.7 Å². The molecule has 2 aromatic heterocycles. The van der Waals surface area contributed by atoms with E-state index in [2.05, 4.69) is 5.32 Å². The number of imide groups is 2. The third kappa shape index (κ3) is 5.63. The molecule has 4 aromatic rings. The van der Waals surface area contributed by atoms with Crippen molar-refractivity contribution < 1.29 is 23.9 Å². The molecule has 0 atom stereocenters. The Morgan fingerprint density at radius 1 is 0.956 bits per heavy atom. The van der Waals surface area contributed by atoms with Crippen molar-refractivity contribution >= 4 is 52.5 Å². The number of nitrogens with zero attached hydrogens (tertiary/aromatic N) is 3. The number of hydrogen-bond donors (Lipinski definition) is 1. The van der Waals surface area contributed by atoms with Crippen LogP contribution in [0.5, 0.6) is 0 Å². The van der Waals surface area contributed by atoms with Crippen molar-refractivity contribution in [2.75, 3.05) is 30.5 Å².